The van der Waals surface area contributed by atoms with Crippen LogP contribution < -0.4 is 10.5 Å². The van der Waals surface area contributed by atoms with Crippen LogP contribution in [0.15, 0.2) is 46.9 Å². The number of nitro groups is 1. The second-order valence-corrected chi connectivity index (χ2v) is 5.04. The summed E-state index contributed by atoms with van der Waals surface area (Å²) in [6.45, 7) is 0.819. The summed E-state index contributed by atoms with van der Waals surface area (Å²) in [7, 11) is 0. The molecular weight excluding hydrogens is 324 g/mol. The number of hydrogen-bond donors (Lipinski definition) is 1. The normalized spacial score (nSPS) is 10.3. The highest BCUT2D eigenvalue weighted by molar-refractivity contribution is 9.10. The molecule has 2 N–H and O–H groups in total. The third kappa shape index (κ3) is 3.55. The molecule has 0 amide bonds. The van der Waals surface area contributed by atoms with E-state index in [1.54, 1.807) is 12.1 Å². The van der Waals surface area contributed by atoms with Gasteiger partial charge in [0.15, 0.2) is 0 Å². The predicted molar refractivity (Wildman–Crippen MR) is 79.5 cm³/mol. The Hall–Kier alpha value is -1.92. The maximum atomic E-state index is 10.6. The van der Waals surface area contributed by atoms with Crippen LogP contribution in [0.25, 0.3) is 0 Å². The van der Waals surface area contributed by atoms with E-state index in [2.05, 4.69) is 15.9 Å². The van der Waals surface area contributed by atoms with Gasteiger partial charge in [-0.25, -0.2) is 0 Å². The van der Waals surface area contributed by atoms with Gasteiger partial charge in [0.05, 0.1) is 9.40 Å². The zero-order chi connectivity index (χ0) is 14.5. The fourth-order valence-electron chi connectivity index (χ4n) is 1.66. The Bertz CT molecular complexity index is 614. The highest BCUT2D eigenvalue weighted by Crippen LogP contribution is 2.26. The first-order chi connectivity index (χ1) is 9.60. The van der Waals surface area contributed by atoms with Gasteiger partial charge in [0.25, 0.3) is 5.69 Å². The van der Waals surface area contributed by atoms with E-state index in [1.807, 2.05) is 18.2 Å². The predicted octanol–water partition coefficient (Wildman–Crippen LogP) is 3.40. The largest absolute Gasteiger partial charge is 0.488 e. The second kappa shape index (κ2) is 6.49. The fraction of sp³-hybridized carbons (Fsp3) is 0.143. The average molecular weight is 337 g/mol. The molecule has 5 nitrogen and oxygen atoms in total. The molecular formula is C14H13BrN2O3. The van der Waals surface area contributed by atoms with Crippen LogP contribution in [0.5, 0.6) is 5.75 Å². The Labute approximate surface area is 124 Å². The topological polar surface area (TPSA) is 78.4 Å². The van der Waals surface area contributed by atoms with Gasteiger partial charge in [-0.2, -0.15) is 0 Å². The molecule has 0 unspecified atom stereocenters. The van der Waals surface area contributed by atoms with Crippen LogP contribution in [0.4, 0.5) is 5.69 Å². The van der Waals surface area contributed by atoms with Gasteiger partial charge < -0.3 is 10.5 Å². The smallest absolute Gasteiger partial charge is 0.269 e. The summed E-state index contributed by atoms with van der Waals surface area (Å²) in [6, 6.07) is 11.9. The highest BCUT2D eigenvalue weighted by atomic mass is 79.9. The zero-order valence-corrected chi connectivity index (χ0v) is 12.2. The lowest BCUT2D eigenvalue weighted by molar-refractivity contribution is -0.384. The fourth-order valence-corrected chi connectivity index (χ4v) is 2.20. The molecule has 0 aliphatic heterocycles. The van der Waals surface area contributed by atoms with E-state index in [0.717, 1.165) is 15.6 Å². The van der Waals surface area contributed by atoms with Crippen molar-refractivity contribution in [3.05, 3.63) is 68.2 Å². The van der Waals surface area contributed by atoms with Crippen LogP contribution in [0.3, 0.4) is 0 Å². The lowest BCUT2D eigenvalue weighted by atomic mass is 10.2. The number of benzene rings is 2. The van der Waals surface area contributed by atoms with Gasteiger partial charge in [0.1, 0.15) is 12.4 Å². The van der Waals surface area contributed by atoms with Crippen LogP contribution in [-0.4, -0.2) is 4.92 Å². The summed E-state index contributed by atoms with van der Waals surface area (Å²) in [6.07, 6.45) is 0. The maximum absolute atomic E-state index is 10.6. The Balaban J connectivity index is 2.03. The molecule has 0 heterocycles. The molecule has 0 aliphatic rings. The van der Waals surface area contributed by atoms with Crippen molar-refractivity contribution in [3.8, 4) is 5.75 Å². The lowest BCUT2D eigenvalue weighted by Gasteiger charge is -2.09. The number of nitrogens with two attached hydrogens (primary N) is 1. The van der Waals surface area contributed by atoms with Crippen LogP contribution >= 0.6 is 15.9 Å². The minimum absolute atomic E-state index is 0.0715. The number of nitrogens with zero attached hydrogens (tertiary/aromatic N) is 1. The number of nitro benzene ring substituents is 1. The van der Waals surface area contributed by atoms with E-state index in [1.165, 1.54) is 12.1 Å². The van der Waals surface area contributed by atoms with Crippen molar-refractivity contribution < 1.29 is 9.66 Å². The summed E-state index contributed by atoms with van der Waals surface area (Å²) in [5, 5.41) is 10.6. The summed E-state index contributed by atoms with van der Waals surface area (Å²) in [5.74, 6) is 0.709. The molecule has 104 valence electrons. The van der Waals surface area contributed by atoms with Crippen molar-refractivity contribution in [1.82, 2.24) is 0 Å². The van der Waals surface area contributed by atoms with Crippen molar-refractivity contribution >= 4 is 21.6 Å². The number of non-ortho nitro benzene ring substituents is 1. The summed E-state index contributed by atoms with van der Waals surface area (Å²) in [5.41, 5.74) is 7.51. The molecule has 0 fully saturated rings. The van der Waals surface area contributed by atoms with Crippen LogP contribution in [0.2, 0.25) is 0 Å². The SMILES string of the molecule is NCc1ccc(OCc2ccc([N+](=O)[O-])cc2)c(Br)c1. The standard InChI is InChI=1S/C14H13BrN2O3/c15-13-7-11(8-16)3-6-14(13)20-9-10-1-4-12(5-2-10)17(18)19/h1-7H,8-9,16H2. The van der Waals surface area contributed by atoms with Gasteiger partial charge >= 0.3 is 0 Å². The third-order valence-corrected chi connectivity index (χ3v) is 3.39. The van der Waals surface area contributed by atoms with Gasteiger partial charge in [-0.1, -0.05) is 6.07 Å². The molecule has 6 heteroatoms. The van der Waals surface area contributed by atoms with E-state index < -0.39 is 4.92 Å². The van der Waals surface area contributed by atoms with Gasteiger partial charge in [0, 0.05) is 18.7 Å². The van der Waals surface area contributed by atoms with Gasteiger partial charge in [0.2, 0.25) is 0 Å². The minimum atomic E-state index is -0.424. The van der Waals surface area contributed by atoms with E-state index >= 15 is 0 Å². The maximum Gasteiger partial charge on any atom is 0.269 e. The molecule has 2 aromatic rings. The summed E-state index contributed by atoms with van der Waals surface area (Å²) >= 11 is 3.42. The molecule has 0 saturated heterocycles. The van der Waals surface area contributed by atoms with Crippen molar-refractivity contribution in [2.45, 2.75) is 13.2 Å². The van der Waals surface area contributed by atoms with Crippen molar-refractivity contribution in [2.24, 2.45) is 5.73 Å². The molecule has 0 aromatic heterocycles. The first-order valence-electron chi connectivity index (χ1n) is 5.95. The van der Waals surface area contributed by atoms with Gasteiger partial charge in [-0.05, 0) is 51.3 Å². The molecule has 0 bridgehead atoms. The molecule has 20 heavy (non-hydrogen) atoms. The quantitative estimate of drug-likeness (QED) is 0.670. The monoisotopic (exact) mass is 336 g/mol. The Morgan fingerprint density at radius 3 is 2.35 bits per heavy atom. The van der Waals surface area contributed by atoms with Crippen LogP contribution in [-0.2, 0) is 13.2 Å². The van der Waals surface area contributed by atoms with E-state index in [0.29, 0.717) is 18.9 Å². The Kier molecular flexibility index (Phi) is 4.70. The van der Waals surface area contributed by atoms with Gasteiger partial charge in [-0.3, -0.25) is 10.1 Å². The van der Waals surface area contributed by atoms with Crippen molar-refractivity contribution in [1.29, 1.82) is 0 Å². The third-order valence-electron chi connectivity index (χ3n) is 2.77. The van der Waals surface area contributed by atoms with Crippen molar-refractivity contribution in [2.75, 3.05) is 0 Å². The Morgan fingerprint density at radius 2 is 1.80 bits per heavy atom. The zero-order valence-electron chi connectivity index (χ0n) is 10.6. The molecule has 0 aliphatic carbocycles. The number of halogens is 1. The van der Waals surface area contributed by atoms with E-state index in [-0.39, 0.29) is 5.69 Å². The molecule has 0 atom stereocenters. The summed E-state index contributed by atoms with van der Waals surface area (Å²) < 4.78 is 6.50. The first kappa shape index (κ1) is 14.5. The molecule has 2 aromatic carbocycles. The van der Waals surface area contributed by atoms with Crippen LogP contribution in [0.1, 0.15) is 11.1 Å². The average Bonchev–Trinajstić information content (AvgIpc) is 2.46. The van der Waals surface area contributed by atoms with E-state index in [4.69, 9.17) is 10.5 Å². The van der Waals surface area contributed by atoms with Gasteiger partial charge in [-0.15, -0.1) is 0 Å². The van der Waals surface area contributed by atoms with Crippen molar-refractivity contribution in [3.63, 3.8) is 0 Å². The molecule has 0 saturated carbocycles. The number of hydrogen-bond acceptors (Lipinski definition) is 4. The Morgan fingerprint density at radius 1 is 1.15 bits per heavy atom. The number of ether oxygens (including phenoxy) is 1. The number of rotatable bonds is 5. The second-order valence-electron chi connectivity index (χ2n) is 4.18. The lowest BCUT2D eigenvalue weighted by Crippen LogP contribution is -1.99. The van der Waals surface area contributed by atoms with E-state index in [9.17, 15) is 10.1 Å². The summed E-state index contributed by atoms with van der Waals surface area (Å²) in [4.78, 5) is 10.1. The molecule has 2 rings (SSSR count). The first-order valence-corrected chi connectivity index (χ1v) is 6.74. The molecule has 0 spiro atoms. The highest BCUT2D eigenvalue weighted by Gasteiger charge is 2.06. The molecule has 0 radical (unpaired) electrons. The minimum Gasteiger partial charge on any atom is -0.488 e. The van der Waals surface area contributed by atoms with Crippen LogP contribution in [0, 0.1) is 10.1 Å².